The van der Waals surface area contributed by atoms with Crippen molar-refractivity contribution in [2.75, 3.05) is 30.5 Å². The second kappa shape index (κ2) is 8.17. The molecule has 0 fully saturated rings. The van der Waals surface area contributed by atoms with Gasteiger partial charge in [0.15, 0.2) is 0 Å². The largest absolute Gasteiger partial charge is 0.462 e. The maximum atomic E-state index is 12.0. The Morgan fingerprint density at radius 1 is 1.33 bits per heavy atom. The fourth-order valence-electron chi connectivity index (χ4n) is 2.21. The van der Waals surface area contributed by atoms with Gasteiger partial charge < -0.3 is 15.8 Å². The summed E-state index contributed by atoms with van der Waals surface area (Å²) < 4.78 is 5.27. The highest BCUT2D eigenvalue weighted by Gasteiger charge is 2.25. The molecule has 0 radical (unpaired) electrons. The number of thioether (sulfide) groups is 1. The number of benzene rings is 1. The predicted octanol–water partition coefficient (Wildman–Crippen LogP) is 3.78. The van der Waals surface area contributed by atoms with Gasteiger partial charge >= 0.3 is 5.97 Å². The first-order valence-corrected chi connectivity index (χ1v) is 8.60. The van der Waals surface area contributed by atoms with Crippen LogP contribution in [-0.4, -0.2) is 30.1 Å². The molecule has 0 amide bonds. The van der Waals surface area contributed by atoms with Gasteiger partial charge in [-0.15, -0.1) is 0 Å². The topological polar surface area (TPSA) is 64.3 Å². The molecule has 1 aromatic rings. The average Bonchev–Trinajstić information content (AvgIpc) is 2.50. The Kier molecular flexibility index (Phi) is 6.89. The highest BCUT2D eigenvalue weighted by atomic mass is 32.2. The van der Waals surface area contributed by atoms with E-state index in [9.17, 15) is 4.79 Å². The van der Waals surface area contributed by atoms with Gasteiger partial charge in [-0.2, -0.15) is 11.8 Å². The van der Waals surface area contributed by atoms with Crippen LogP contribution < -0.4 is 11.1 Å². The molecule has 5 heteroatoms. The number of carbonyl (C=O) groups excluding carboxylic acids is 1. The van der Waals surface area contributed by atoms with Crippen LogP contribution in [0.4, 0.5) is 11.4 Å². The van der Waals surface area contributed by atoms with E-state index >= 15 is 0 Å². The van der Waals surface area contributed by atoms with Gasteiger partial charge in [0.1, 0.15) is 0 Å². The van der Waals surface area contributed by atoms with E-state index in [-0.39, 0.29) is 10.7 Å². The van der Waals surface area contributed by atoms with E-state index < -0.39 is 0 Å². The third-order valence-corrected chi connectivity index (χ3v) is 5.45. The number of rotatable bonds is 8. The summed E-state index contributed by atoms with van der Waals surface area (Å²) in [5.74, 6) is -0.338. The molecule has 0 bridgehead atoms. The maximum Gasteiger partial charge on any atom is 0.340 e. The van der Waals surface area contributed by atoms with Gasteiger partial charge in [-0.1, -0.05) is 13.8 Å². The number of nitrogens with one attached hydrogen (secondary N) is 1. The van der Waals surface area contributed by atoms with E-state index in [4.69, 9.17) is 10.5 Å². The molecule has 0 saturated heterocycles. The Bertz CT molecular complexity index is 465. The Balaban J connectivity index is 2.95. The molecular weight excluding hydrogens is 284 g/mol. The molecule has 0 atom stereocenters. The summed E-state index contributed by atoms with van der Waals surface area (Å²) in [6, 6.07) is 5.31. The third-order valence-electron chi connectivity index (χ3n) is 3.86. The van der Waals surface area contributed by atoms with Crippen LogP contribution >= 0.6 is 11.8 Å². The molecule has 0 aromatic heterocycles. The van der Waals surface area contributed by atoms with Crippen molar-refractivity contribution < 1.29 is 9.53 Å². The number of nitrogen functional groups attached to an aromatic ring is 1. The van der Waals surface area contributed by atoms with E-state index in [1.807, 2.05) is 17.8 Å². The molecule has 4 nitrogen and oxygen atoms in total. The molecule has 3 N–H and O–H groups in total. The number of anilines is 2. The molecule has 21 heavy (non-hydrogen) atoms. The van der Waals surface area contributed by atoms with Gasteiger partial charge in [0, 0.05) is 22.7 Å². The van der Waals surface area contributed by atoms with Crippen LogP contribution in [0, 0.1) is 0 Å². The lowest BCUT2D eigenvalue weighted by Gasteiger charge is -2.30. The Hall–Kier alpha value is -1.36. The van der Waals surface area contributed by atoms with Crippen molar-refractivity contribution in [3.05, 3.63) is 23.8 Å². The van der Waals surface area contributed by atoms with Crippen molar-refractivity contribution >= 4 is 29.1 Å². The Morgan fingerprint density at radius 2 is 2.00 bits per heavy atom. The molecule has 0 aliphatic rings. The van der Waals surface area contributed by atoms with E-state index in [1.54, 1.807) is 19.1 Å². The summed E-state index contributed by atoms with van der Waals surface area (Å²) in [5, 5.41) is 3.40. The molecule has 0 saturated carbocycles. The molecule has 1 aromatic carbocycles. The SMILES string of the molecule is CCOC(=O)c1cc(N)ccc1NCC(CC)(CC)SC. The Morgan fingerprint density at radius 3 is 2.52 bits per heavy atom. The van der Waals surface area contributed by atoms with Crippen LogP contribution in [0.2, 0.25) is 0 Å². The summed E-state index contributed by atoms with van der Waals surface area (Å²) >= 11 is 1.86. The van der Waals surface area contributed by atoms with Gasteiger partial charge in [-0.05, 0) is 44.2 Å². The highest BCUT2D eigenvalue weighted by Crippen LogP contribution is 2.31. The molecular formula is C16H26N2O2S. The lowest BCUT2D eigenvalue weighted by molar-refractivity contribution is 0.0527. The van der Waals surface area contributed by atoms with Crippen molar-refractivity contribution in [2.45, 2.75) is 38.4 Å². The average molecular weight is 310 g/mol. The first-order chi connectivity index (χ1) is 10.0. The van der Waals surface area contributed by atoms with Crippen LogP contribution in [0.5, 0.6) is 0 Å². The van der Waals surface area contributed by atoms with E-state index in [2.05, 4.69) is 25.4 Å². The fraction of sp³-hybridized carbons (Fsp3) is 0.562. The molecule has 118 valence electrons. The molecule has 0 aliphatic heterocycles. The van der Waals surface area contributed by atoms with Crippen molar-refractivity contribution in [1.29, 1.82) is 0 Å². The van der Waals surface area contributed by atoms with Gasteiger partial charge in [0.25, 0.3) is 0 Å². The van der Waals surface area contributed by atoms with Gasteiger partial charge in [-0.3, -0.25) is 0 Å². The van der Waals surface area contributed by atoms with Crippen molar-refractivity contribution in [1.82, 2.24) is 0 Å². The molecule has 0 spiro atoms. The molecule has 0 heterocycles. The molecule has 0 aliphatic carbocycles. The van der Waals surface area contributed by atoms with Crippen LogP contribution in [0.3, 0.4) is 0 Å². The van der Waals surface area contributed by atoms with Gasteiger partial charge in [0.2, 0.25) is 0 Å². The van der Waals surface area contributed by atoms with Crippen molar-refractivity contribution in [2.24, 2.45) is 0 Å². The smallest absolute Gasteiger partial charge is 0.340 e. The molecule has 0 unspecified atom stereocenters. The highest BCUT2D eigenvalue weighted by molar-refractivity contribution is 8.00. The predicted molar refractivity (Wildman–Crippen MR) is 92.1 cm³/mol. The summed E-state index contributed by atoms with van der Waals surface area (Å²) in [4.78, 5) is 12.0. The second-order valence-electron chi connectivity index (χ2n) is 4.97. The van der Waals surface area contributed by atoms with E-state index in [0.29, 0.717) is 17.9 Å². The quantitative estimate of drug-likeness (QED) is 0.565. The Labute approximate surface area is 131 Å². The van der Waals surface area contributed by atoms with E-state index in [0.717, 1.165) is 25.1 Å². The summed E-state index contributed by atoms with van der Waals surface area (Å²) in [6.45, 7) is 7.33. The number of esters is 1. The summed E-state index contributed by atoms with van der Waals surface area (Å²) in [6.07, 6.45) is 4.27. The number of hydrogen-bond donors (Lipinski definition) is 2. The number of ether oxygens (including phenoxy) is 1. The van der Waals surface area contributed by atoms with Crippen LogP contribution in [0.15, 0.2) is 18.2 Å². The first-order valence-electron chi connectivity index (χ1n) is 7.37. The maximum absolute atomic E-state index is 12.0. The van der Waals surface area contributed by atoms with Crippen molar-refractivity contribution in [3.63, 3.8) is 0 Å². The zero-order chi connectivity index (χ0) is 15.9. The van der Waals surface area contributed by atoms with Crippen molar-refractivity contribution in [3.8, 4) is 0 Å². The summed E-state index contributed by atoms with van der Waals surface area (Å²) in [7, 11) is 0. The van der Waals surface area contributed by atoms with E-state index in [1.165, 1.54) is 0 Å². The minimum Gasteiger partial charge on any atom is -0.462 e. The minimum atomic E-state index is -0.338. The minimum absolute atomic E-state index is 0.174. The first kappa shape index (κ1) is 17.7. The monoisotopic (exact) mass is 310 g/mol. The summed E-state index contributed by atoms with van der Waals surface area (Å²) in [5.41, 5.74) is 7.62. The fourth-order valence-corrected chi connectivity index (χ4v) is 3.00. The lowest BCUT2D eigenvalue weighted by atomic mass is 10.0. The zero-order valence-electron chi connectivity index (χ0n) is 13.4. The number of hydrogen-bond acceptors (Lipinski definition) is 5. The van der Waals surface area contributed by atoms with Gasteiger partial charge in [0.05, 0.1) is 12.2 Å². The second-order valence-corrected chi connectivity index (χ2v) is 6.25. The van der Waals surface area contributed by atoms with Crippen LogP contribution in [-0.2, 0) is 4.74 Å². The number of carbonyl (C=O) groups is 1. The molecule has 1 rings (SSSR count). The van der Waals surface area contributed by atoms with Crippen LogP contribution in [0.25, 0.3) is 0 Å². The van der Waals surface area contributed by atoms with Gasteiger partial charge in [-0.25, -0.2) is 4.79 Å². The van der Waals surface area contributed by atoms with Crippen LogP contribution in [0.1, 0.15) is 44.0 Å². The number of nitrogens with two attached hydrogens (primary N) is 1. The third kappa shape index (κ3) is 4.56. The zero-order valence-corrected chi connectivity index (χ0v) is 14.2. The standard InChI is InChI=1S/C16H26N2O2S/c1-5-16(6-2,21-4)11-18-14-9-8-12(17)10-13(14)15(19)20-7-3/h8-10,18H,5-7,11,17H2,1-4H3. The normalized spacial score (nSPS) is 11.2. The lowest BCUT2D eigenvalue weighted by Crippen LogP contribution is -2.32.